The molecule has 0 aromatic rings. The van der Waals surface area contributed by atoms with Crippen molar-refractivity contribution in [1.29, 1.82) is 0 Å². The number of nitrogens with one attached hydrogen (secondary N) is 1. The first-order valence-electron chi connectivity index (χ1n) is 33.5. The van der Waals surface area contributed by atoms with Gasteiger partial charge in [0.1, 0.15) is 13.2 Å². The van der Waals surface area contributed by atoms with Crippen LogP contribution < -0.4 is 5.32 Å². The van der Waals surface area contributed by atoms with Gasteiger partial charge in [-0.25, -0.2) is 4.57 Å². The van der Waals surface area contributed by atoms with E-state index in [2.05, 4.69) is 55.6 Å². The number of rotatable bonds is 62. The number of carbonyl (C=O) groups is 1. The van der Waals surface area contributed by atoms with Gasteiger partial charge in [-0.1, -0.05) is 300 Å². The minimum Gasteiger partial charge on any atom is -0.387 e. The highest BCUT2D eigenvalue weighted by atomic mass is 31.2. The molecule has 454 valence electrons. The predicted octanol–water partition coefficient (Wildman–Crippen LogP) is 21.1. The molecule has 0 radical (unpaired) electrons. The number of allylic oxidation sites excluding steroid dienone is 7. The summed E-state index contributed by atoms with van der Waals surface area (Å²) in [6, 6.07) is -0.870. The molecule has 3 atom stereocenters. The maximum Gasteiger partial charge on any atom is 0.472 e. The number of unbranched alkanes of at least 4 members (excludes halogenated alkanes) is 43. The summed E-state index contributed by atoms with van der Waals surface area (Å²) in [7, 11) is 1.56. The molecule has 0 bridgehead atoms. The van der Waals surface area contributed by atoms with E-state index >= 15 is 0 Å². The summed E-state index contributed by atoms with van der Waals surface area (Å²) in [4.78, 5) is 23.4. The first kappa shape index (κ1) is 75.5. The summed E-state index contributed by atoms with van der Waals surface area (Å²) >= 11 is 0. The minimum absolute atomic E-state index is 0.0540. The number of nitrogens with zero attached hydrogens (tertiary/aromatic N) is 1. The summed E-state index contributed by atoms with van der Waals surface area (Å²) in [5.74, 6) is -0.186. The SMILES string of the molecule is CCCCCCCCCCCC/C=C/CC/C=C/CC/C=C/C(O)C(COP(=O)(O)OCC[N+](C)(C)C)NC(=O)CCCCCCCCCCCCCCCCCCC/C=C\CCCCCCCCCCCCCCCC. The van der Waals surface area contributed by atoms with Crippen LogP contribution in [0.3, 0.4) is 0 Å². The topological polar surface area (TPSA) is 105 Å². The summed E-state index contributed by atoms with van der Waals surface area (Å²) in [5, 5.41) is 13.9. The van der Waals surface area contributed by atoms with Crippen molar-refractivity contribution >= 4 is 13.7 Å². The summed E-state index contributed by atoms with van der Waals surface area (Å²) in [6.45, 7) is 4.83. The molecule has 0 saturated heterocycles. The van der Waals surface area contributed by atoms with Crippen molar-refractivity contribution in [1.82, 2.24) is 5.32 Å². The van der Waals surface area contributed by atoms with Crippen LogP contribution in [0.1, 0.15) is 328 Å². The van der Waals surface area contributed by atoms with Gasteiger partial charge >= 0.3 is 7.82 Å². The first-order valence-corrected chi connectivity index (χ1v) is 35.0. The van der Waals surface area contributed by atoms with Crippen molar-refractivity contribution in [3.8, 4) is 0 Å². The van der Waals surface area contributed by atoms with E-state index in [9.17, 15) is 19.4 Å². The van der Waals surface area contributed by atoms with Gasteiger partial charge in [-0.15, -0.1) is 0 Å². The number of aliphatic hydroxyl groups is 1. The molecule has 0 aromatic carbocycles. The van der Waals surface area contributed by atoms with E-state index in [0.717, 1.165) is 44.9 Å². The highest BCUT2D eigenvalue weighted by Crippen LogP contribution is 2.43. The van der Waals surface area contributed by atoms with E-state index in [4.69, 9.17) is 9.05 Å². The third-order valence-corrected chi connectivity index (χ3v) is 16.2. The van der Waals surface area contributed by atoms with Crippen LogP contribution in [0.25, 0.3) is 0 Å². The quantitative estimate of drug-likeness (QED) is 0.0243. The first-order chi connectivity index (χ1) is 37.5. The van der Waals surface area contributed by atoms with Crippen molar-refractivity contribution in [2.24, 2.45) is 0 Å². The van der Waals surface area contributed by atoms with Crippen LogP contribution in [-0.2, 0) is 18.4 Å². The summed E-state index contributed by atoms with van der Waals surface area (Å²) in [6.07, 6.45) is 79.8. The van der Waals surface area contributed by atoms with Crippen LogP contribution in [0, 0.1) is 0 Å². The van der Waals surface area contributed by atoms with Crippen LogP contribution in [-0.4, -0.2) is 73.4 Å². The van der Waals surface area contributed by atoms with E-state index in [1.54, 1.807) is 6.08 Å². The molecule has 0 aromatic heterocycles. The van der Waals surface area contributed by atoms with Gasteiger partial charge < -0.3 is 19.8 Å². The second kappa shape index (κ2) is 59.1. The van der Waals surface area contributed by atoms with Gasteiger partial charge in [-0.2, -0.15) is 0 Å². The molecule has 3 unspecified atom stereocenters. The number of aliphatic hydroxyl groups excluding tert-OH is 1. The van der Waals surface area contributed by atoms with Gasteiger partial charge in [0.15, 0.2) is 0 Å². The van der Waals surface area contributed by atoms with Gasteiger partial charge in [-0.3, -0.25) is 13.8 Å². The lowest BCUT2D eigenvalue weighted by Gasteiger charge is -2.25. The molecular weight excluding hydrogens is 972 g/mol. The molecule has 0 fully saturated rings. The smallest absolute Gasteiger partial charge is 0.387 e. The Hall–Kier alpha value is -1.54. The molecule has 0 spiro atoms. The number of quaternary nitrogens is 1. The fourth-order valence-electron chi connectivity index (χ4n) is 10.0. The van der Waals surface area contributed by atoms with Crippen molar-refractivity contribution in [3.05, 3.63) is 48.6 Å². The number of amides is 1. The molecule has 77 heavy (non-hydrogen) atoms. The number of phosphoric ester groups is 1. The zero-order valence-electron chi connectivity index (χ0n) is 52.0. The Morgan fingerprint density at radius 2 is 0.714 bits per heavy atom. The highest BCUT2D eigenvalue weighted by Gasteiger charge is 2.28. The molecule has 0 heterocycles. The number of carbonyl (C=O) groups excluding carboxylic acids is 1. The fraction of sp³-hybridized carbons (Fsp3) is 0.868. The number of phosphoric acid groups is 1. The zero-order valence-corrected chi connectivity index (χ0v) is 52.9. The third kappa shape index (κ3) is 61.9. The lowest BCUT2D eigenvalue weighted by molar-refractivity contribution is -0.870. The van der Waals surface area contributed by atoms with Crippen LogP contribution >= 0.6 is 7.82 Å². The molecular formula is C68H132N2O6P+. The second-order valence-corrected chi connectivity index (χ2v) is 25.6. The zero-order chi connectivity index (χ0) is 56.3. The van der Waals surface area contributed by atoms with Gasteiger partial charge in [0.2, 0.25) is 5.91 Å². The lowest BCUT2D eigenvalue weighted by atomic mass is 10.0. The second-order valence-electron chi connectivity index (χ2n) is 24.2. The largest absolute Gasteiger partial charge is 0.472 e. The van der Waals surface area contributed by atoms with E-state index in [-0.39, 0.29) is 19.1 Å². The average molecular weight is 1100 g/mol. The molecule has 8 nitrogen and oxygen atoms in total. The Labute approximate surface area is 479 Å². The molecule has 0 rings (SSSR count). The maximum atomic E-state index is 13.0. The Balaban J connectivity index is 4.05. The standard InChI is InChI=1S/C68H131N2O6P/c1-6-8-10-12-14-16-18-20-22-24-26-28-29-30-31-32-33-34-35-36-37-38-39-40-41-42-44-46-48-50-52-54-56-58-60-62-68(72)69-66(65-76-77(73,74)75-64-63-70(3,4)5)67(71)61-59-57-55-53-51-49-47-45-43-27-25-23-21-19-17-15-13-11-9-7-2/h32-33,43,45,51,53,59,61,66-67,71H,6-31,34-42,44,46-50,52,54-58,60,62-65H2,1-5H3,(H-,69,72,73,74)/p+1/b33-32-,45-43+,53-51+,61-59+. The predicted molar refractivity (Wildman–Crippen MR) is 337 cm³/mol. The fourth-order valence-corrected chi connectivity index (χ4v) is 10.7. The molecule has 0 aliphatic carbocycles. The Kier molecular flexibility index (Phi) is 57.9. The Morgan fingerprint density at radius 3 is 1.04 bits per heavy atom. The lowest BCUT2D eigenvalue weighted by Crippen LogP contribution is -2.45. The average Bonchev–Trinajstić information content (AvgIpc) is 3.39. The van der Waals surface area contributed by atoms with Crippen LogP contribution in [0.15, 0.2) is 48.6 Å². The number of hydrogen-bond acceptors (Lipinski definition) is 5. The van der Waals surface area contributed by atoms with E-state index in [1.165, 1.54) is 263 Å². The highest BCUT2D eigenvalue weighted by molar-refractivity contribution is 7.47. The van der Waals surface area contributed by atoms with Gasteiger partial charge in [0.05, 0.1) is 39.9 Å². The van der Waals surface area contributed by atoms with Gasteiger partial charge in [0, 0.05) is 6.42 Å². The Morgan fingerprint density at radius 1 is 0.429 bits per heavy atom. The van der Waals surface area contributed by atoms with Crippen LogP contribution in [0.5, 0.6) is 0 Å². The monoisotopic (exact) mass is 1100 g/mol. The van der Waals surface area contributed by atoms with Crippen molar-refractivity contribution < 1.29 is 32.9 Å². The van der Waals surface area contributed by atoms with Crippen molar-refractivity contribution in [3.63, 3.8) is 0 Å². The molecule has 1 amide bonds. The Bertz CT molecular complexity index is 1390. The third-order valence-electron chi connectivity index (χ3n) is 15.2. The van der Waals surface area contributed by atoms with E-state index < -0.39 is 20.0 Å². The van der Waals surface area contributed by atoms with Crippen LogP contribution in [0.2, 0.25) is 0 Å². The molecule has 0 aliphatic rings. The number of hydrogen-bond donors (Lipinski definition) is 3. The normalized spacial score (nSPS) is 14.0. The maximum absolute atomic E-state index is 13.0. The molecule has 0 saturated carbocycles. The number of likely N-dealkylation sites (N-methyl/N-ethyl adjacent to an activating group) is 1. The molecule has 3 N–H and O–H groups in total. The van der Waals surface area contributed by atoms with E-state index in [1.807, 2.05) is 27.2 Å². The molecule has 9 heteroatoms. The van der Waals surface area contributed by atoms with Crippen LogP contribution in [0.4, 0.5) is 0 Å². The van der Waals surface area contributed by atoms with E-state index in [0.29, 0.717) is 17.4 Å². The van der Waals surface area contributed by atoms with Gasteiger partial charge in [-0.05, 0) is 70.6 Å². The minimum atomic E-state index is -4.36. The summed E-state index contributed by atoms with van der Waals surface area (Å²) in [5.41, 5.74) is 0. The van der Waals surface area contributed by atoms with Gasteiger partial charge in [0.25, 0.3) is 0 Å². The van der Waals surface area contributed by atoms with Crippen molar-refractivity contribution in [2.75, 3.05) is 40.9 Å². The summed E-state index contributed by atoms with van der Waals surface area (Å²) < 4.78 is 23.7. The molecule has 0 aliphatic heterocycles. The van der Waals surface area contributed by atoms with Crippen molar-refractivity contribution in [2.45, 2.75) is 341 Å².